The van der Waals surface area contributed by atoms with Crippen molar-refractivity contribution in [3.63, 3.8) is 0 Å². The number of ether oxygens (including phenoxy) is 4. The maximum Gasteiger partial charge on any atom is 0.294 e. The maximum atomic E-state index is 10.3. The van der Waals surface area contributed by atoms with Crippen LogP contribution >= 0.6 is 0 Å². The lowest BCUT2D eigenvalue weighted by molar-refractivity contribution is -0.757. The van der Waals surface area contributed by atoms with Gasteiger partial charge in [0.2, 0.25) is 12.5 Å². The first-order valence-electron chi connectivity index (χ1n) is 10.5. The van der Waals surface area contributed by atoms with Crippen LogP contribution in [0.1, 0.15) is 18.4 Å². The van der Waals surface area contributed by atoms with E-state index in [1.807, 2.05) is 12.1 Å². The highest BCUT2D eigenvalue weighted by Gasteiger charge is 2.28. The standard InChI is InChI=1S/C23H23N2O7.BrH/c1-28-20-5-4-15-10-19-17-12-22-21(30-14-31-22)11-16(17)6-7-24(19)13-18(15)23(20)29-8-2-3-9-32-25(26)27;/h4-5,10-13H,2-3,6-9,14H2,1H3;1H/q+1;/p-1. The van der Waals surface area contributed by atoms with E-state index in [1.165, 1.54) is 5.56 Å². The van der Waals surface area contributed by atoms with Crippen molar-refractivity contribution < 1.29 is 50.4 Å². The molecule has 0 spiro atoms. The lowest BCUT2D eigenvalue weighted by Gasteiger charge is -2.18. The van der Waals surface area contributed by atoms with Gasteiger partial charge in [-0.1, -0.05) is 0 Å². The number of methoxy groups -OCH3 is 1. The Bertz CT molecular complexity index is 1200. The Kier molecular flexibility index (Phi) is 6.73. The molecular formula is C23H23BrN2O7. The Hall–Kier alpha value is -3.27. The number of unbranched alkanes of at least 4 members (excludes halogenated alkanes) is 1. The van der Waals surface area contributed by atoms with Gasteiger partial charge in [-0.25, -0.2) is 0 Å². The van der Waals surface area contributed by atoms with Gasteiger partial charge in [-0.3, -0.25) is 0 Å². The van der Waals surface area contributed by atoms with Crippen molar-refractivity contribution in [1.29, 1.82) is 0 Å². The molecule has 0 fully saturated rings. The molecule has 0 saturated carbocycles. The predicted molar refractivity (Wildman–Crippen MR) is 114 cm³/mol. The van der Waals surface area contributed by atoms with Crippen LogP contribution < -0.4 is 40.5 Å². The third kappa shape index (κ3) is 4.47. The van der Waals surface area contributed by atoms with Gasteiger partial charge in [-0.2, -0.15) is 4.57 Å². The number of aryl methyl sites for hydroxylation is 2. The van der Waals surface area contributed by atoms with Gasteiger partial charge in [0.05, 0.1) is 31.3 Å². The Labute approximate surface area is 200 Å². The first kappa shape index (κ1) is 22.9. The molecule has 0 atom stereocenters. The molecule has 2 aromatic carbocycles. The molecule has 2 aliphatic heterocycles. The van der Waals surface area contributed by atoms with Crippen molar-refractivity contribution in [2.24, 2.45) is 0 Å². The Morgan fingerprint density at radius 2 is 1.91 bits per heavy atom. The summed E-state index contributed by atoms with van der Waals surface area (Å²) in [4.78, 5) is 14.6. The van der Waals surface area contributed by atoms with E-state index in [0.717, 1.165) is 46.5 Å². The summed E-state index contributed by atoms with van der Waals surface area (Å²) in [7, 11) is 1.61. The van der Waals surface area contributed by atoms with Gasteiger partial charge in [0.15, 0.2) is 35.7 Å². The molecule has 174 valence electrons. The van der Waals surface area contributed by atoms with Gasteiger partial charge in [0, 0.05) is 12.5 Å². The van der Waals surface area contributed by atoms with Crippen molar-refractivity contribution in [3.8, 4) is 34.3 Å². The van der Waals surface area contributed by atoms with Crippen LogP contribution in [-0.4, -0.2) is 32.2 Å². The summed E-state index contributed by atoms with van der Waals surface area (Å²) in [6.45, 7) is 1.57. The zero-order valence-corrected chi connectivity index (χ0v) is 19.6. The number of fused-ring (bicyclic) bond motifs is 5. The smallest absolute Gasteiger partial charge is 0.294 e. The molecule has 0 unspecified atom stereocenters. The van der Waals surface area contributed by atoms with E-state index in [0.29, 0.717) is 30.9 Å². The van der Waals surface area contributed by atoms with E-state index >= 15 is 0 Å². The summed E-state index contributed by atoms with van der Waals surface area (Å²) in [6.07, 6.45) is 4.16. The summed E-state index contributed by atoms with van der Waals surface area (Å²) in [5.41, 5.74) is 3.51. The molecule has 0 bridgehead atoms. The molecule has 0 aliphatic carbocycles. The summed E-state index contributed by atoms with van der Waals surface area (Å²) in [5.74, 6) is 2.91. The van der Waals surface area contributed by atoms with E-state index in [4.69, 9.17) is 18.9 Å². The highest BCUT2D eigenvalue weighted by Crippen LogP contribution is 2.41. The van der Waals surface area contributed by atoms with Gasteiger partial charge in [0.1, 0.15) is 0 Å². The van der Waals surface area contributed by atoms with Crippen molar-refractivity contribution in [2.45, 2.75) is 25.8 Å². The third-order valence-electron chi connectivity index (χ3n) is 5.78. The Balaban J connectivity index is 0.00000259. The van der Waals surface area contributed by atoms with Gasteiger partial charge >= 0.3 is 0 Å². The zero-order valence-electron chi connectivity index (χ0n) is 18.0. The lowest BCUT2D eigenvalue weighted by atomic mass is 9.95. The number of hydrogen-bond donors (Lipinski definition) is 0. The monoisotopic (exact) mass is 518 g/mol. The molecule has 0 radical (unpaired) electrons. The van der Waals surface area contributed by atoms with Crippen LogP contribution in [0.15, 0.2) is 36.5 Å². The van der Waals surface area contributed by atoms with Crippen molar-refractivity contribution in [3.05, 3.63) is 52.2 Å². The molecule has 0 N–H and O–H groups in total. The predicted octanol–water partition coefficient (Wildman–Crippen LogP) is 0.459. The van der Waals surface area contributed by atoms with Crippen LogP contribution in [0.25, 0.3) is 22.0 Å². The number of aromatic nitrogens is 1. The van der Waals surface area contributed by atoms with E-state index < -0.39 is 5.09 Å². The Morgan fingerprint density at radius 3 is 2.70 bits per heavy atom. The lowest BCUT2D eigenvalue weighted by Crippen LogP contribution is -3.00. The van der Waals surface area contributed by atoms with Gasteiger partial charge in [-0.05, 0) is 48.1 Å². The molecule has 5 rings (SSSR count). The molecule has 9 nitrogen and oxygen atoms in total. The number of benzene rings is 2. The molecule has 0 amide bonds. The molecule has 3 heterocycles. The fraction of sp³-hybridized carbons (Fsp3) is 0.348. The first-order valence-corrected chi connectivity index (χ1v) is 10.5. The summed E-state index contributed by atoms with van der Waals surface area (Å²) < 4.78 is 25.0. The number of pyridine rings is 1. The largest absolute Gasteiger partial charge is 1.00 e. The maximum absolute atomic E-state index is 10.3. The van der Waals surface area contributed by atoms with Crippen LogP contribution in [0.4, 0.5) is 0 Å². The van der Waals surface area contributed by atoms with E-state index in [9.17, 15) is 10.1 Å². The van der Waals surface area contributed by atoms with Gasteiger partial charge < -0.3 is 40.8 Å². The van der Waals surface area contributed by atoms with E-state index in [1.54, 1.807) is 7.11 Å². The second kappa shape index (κ2) is 9.70. The van der Waals surface area contributed by atoms with Gasteiger partial charge in [0.25, 0.3) is 5.09 Å². The zero-order chi connectivity index (χ0) is 22.1. The molecule has 2 aliphatic rings. The fourth-order valence-electron chi connectivity index (χ4n) is 4.22. The average Bonchev–Trinajstić information content (AvgIpc) is 3.26. The van der Waals surface area contributed by atoms with E-state index in [2.05, 4.69) is 33.8 Å². The molecule has 10 heteroatoms. The second-order valence-corrected chi connectivity index (χ2v) is 7.68. The number of hydrogen-bond acceptors (Lipinski definition) is 7. The fourth-order valence-corrected chi connectivity index (χ4v) is 4.22. The van der Waals surface area contributed by atoms with Gasteiger partial charge in [-0.15, -0.1) is 10.1 Å². The first-order chi connectivity index (χ1) is 15.6. The highest BCUT2D eigenvalue weighted by atomic mass is 79.9. The van der Waals surface area contributed by atoms with Crippen LogP contribution in [0.2, 0.25) is 0 Å². The minimum Gasteiger partial charge on any atom is -1.00 e. The highest BCUT2D eigenvalue weighted by molar-refractivity contribution is 5.91. The van der Waals surface area contributed by atoms with Crippen LogP contribution in [0, 0.1) is 10.1 Å². The number of rotatable bonds is 8. The average molecular weight is 519 g/mol. The molecule has 33 heavy (non-hydrogen) atoms. The summed E-state index contributed by atoms with van der Waals surface area (Å²) >= 11 is 0. The molecule has 3 aromatic rings. The molecule has 0 saturated heterocycles. The Morgan fingerprint density at radius 1 is 1.12 bits per heavy atom. The van der Waals surface area contributed by atoms with Crippen LogP contribution in [0.5, 0.6) is 23.0 Å². The third-order valence-corrected chi connectivity index (χ3v) is 5.78. The number of halogens is 1. The molecule has 1 aromatic heterocycles. The minimum atomic E-state index is -0.777. The van der Waals surface area contributed by atoms with Crippen molar-refractivity contribution >= 4 is 10.8 Å². The topological polar surface area (TPSA) is 93.2 Å². The molecular weight excluding hydrogens is 496 g/mol. The van der Waals surface area contributed by atoms with E-state index in [-0.39, 0.29) is 30.4 Å². The summed E-state index contributed by atoms with van der Waals surface area (Å²) in [6, 6.07) is 10.2. The SMILES string of the molecule is COc1ccc2cc3[n+](cc2c1OCCCCO[N+](=O)[O-])CCc1cc2c(cc1-3)OCO2.[Br-]. The summed E-state index contributed by atoms with van der Waals surface area (Å²) in [5, 5.41) is 11.5. The van der Waals surface area contributed by atoms with Crippen LogP contribution in [-0.2, 0) is 17.8 Å². The van der Waals surface area contributed by atoms with Crippen LogP contribution in [0.3, 0.4) is 0 Å². The van der Waals surface area contributed by atoms with Crippen molar-refractivity contribution in [1.82, 2.24) is 0 Å². The normalized spacial score (nSPS) is 13.0. The second-order valence-electron chi connectivity index (χ2n) is 7.68. The minimum absolute atomic E-state index is 0. The quantitative estimate of drug-likeness (QED) is 0.185. The number of nitrogens with zero attached hydrogens (tertiary/aromatic N) is 2. The van der Waals surface area contributed by atoms with Crippen molar-refractivity contribution in [2.75, 3.05) is 27.1 Å².